The van der Waals surface area contributed by atoms with E-state index < -0.39 is 99.4 Å². The molecule has 5 N–H and O–H groups in total. The molecule has 6 atom stereocenters. The smallest absolute Gasteiger partial charge is 0.417 e. The number of phenols is 1. The van der Waals surface area contributed by atoms with Gasteiger partial charge in [-0.1, -0.05) is 6.42 Å². The third-order valence-corrected chi connectivity index (χ3v) is 9.12. The number of halogens is 3. The first-order valence-corrected chi connectivity index (χ1v) is 13.1. The van der Waals surface area contributed by atoms with E-state index in [4.69, 9.17) is 5.73 Å². The van der Waals surface area contributed by atoms with Gasteiger partial charge in [-0.2, -0.15) is 13.2 Å². The van der Waals surface area contributed by atoms with E-state index in [9.17, 15) is 47.4 Å². The van der Waals surface area contributed by atoms with Crippen LogP contribution in [0.2, 0.25) is 0 Å². The van der Waals surface area contributed by atoms with E-state index in [2.05, 4.69) is 5.32 Å². The van der Waals surface area contributed by atoms with Crippen molar-refractivity contribution in [3.8, 4) is 5.75 Å². The molecule has 216 valence electrons. The van der Waals surface area contributed by atoms with Gasteiger partial charge in [0.1, 0.15) is 5.75 Å². The fraction of sp³-hybridized carbons (Fsp3) is 0.593. The predicted octanol–water partition coefficient (Wildman–Crippen LogP) is 0.528. The van der Waals surface area contributed by atoms with Gasteiger partial charge in [0.05, 0.1) is 23.1 Å². The Labute approximate surface area is 227 Å². The standard InChI is InChI=1S/C27H30F3N3O7/c1-33(2)20-14-7-10-6-13-17(15(34)8-11(19(13)27(28,29)30)9-32-12-4-3-5-12)21(35)16(10)23(37)26(14,40)24(38)18(22(20)36)25(31)39/h8,10,12,14,16,18,20,32,34,40H,3-7,9H2,1-2H3,(H2,31,39)/t10-,14-,16?,18?,20-,26-/m0/s1. The molecule has 0 aliphatic heterocycles. The second kappa shape index (κ2) is 9.45. The number of ketones is 4. The van der Waals surface area contributed by atoms with Crippen LogP contribution in [0, 0.1) is 23.7 Å². The fourth-order valence-corrected chi connectivity index (χ4v) is 7.10. The number of carbonyl (C=O) groups is 5. The average molecular weight is 566 g/mol. The Bertz CT molecular complexity index is 1340. The number of Topliss-reactive ketones (excluding diaryl/α,β-unsaturated/α-hetero) is 4. The second-order valence-corrected chi connectivity index (χ2v) is 11.6. The molecule has 1 amide bonds. The van der Waals surface area contributed by atoms with Crippen LogP contribution >= 0.6 is 0 Å². The molecule has 1 aromatic rings. The number of aliphatic hydroxyl groups is 1. The number of phenolic OH excluding ortho intramolecular Hbond substituents is 1. The molecule has 0 aromatic heterocycles. The average Bonchev–Trinajstić information content (AvgIpc) is 2.79. The summed E-state index contributed by atoms with van der Waals surface area (Å²) in [6.07, 6.45) is -3.09. The van der Waals surface area contributed by atoms with E-state index in [1.165, 1.54) is 19.0 Å². The Balaban J connectivity index is 1.63. The van der Waals surface area contributed by atoms with Gasteiger partial charge in [0.25, 0.3) is 0 Å². The number of hydrogen-bond donors (Lipinski definition) is 4. The van der Waals surface area contributed by atoms with Crippen molar-refractivity contribution < 1.29 is 47.4 Å². The van der Waals surface area contributed by atoms with Gasteiger partial charge in [-0.15, -0.1) is 0 Å². The normalized spacial score (nSPS) is 32.4. The number of primary amides is 1. The number of carbonyl (C=O) groups excluding carboxylic acids is 5. The molecule has 0 spiro atoms. The quantitative estimate of drug-likeness (QED) is 0.372. The van der Waals surface area contributed by atoms with E-state index in [-0.39, 0.29) is 24.6 Å². The minimum absolute atomic E-state index is 0.0486. The lowest BCUT2D eigenvalue weighted by Crippen LogP contribution is -2.74. The number of alkyl halides is 3. The number of rotatable bonds is 5. The monoisotopic (exact) mass is 565 g/mol. The van der Waals surface area contributed by atoms with Crippen molar-refractivity contribution >= 4 is 29.0 Å². The summed E-state index contributed by atoms with van der Waals surface area (Å²) in [5.74, 6) is -13.3. The summed E-state index contributed by atoms with van der Waals surface area (Å²) in [7, 11) is 2.85. The number of benzene rings is 1. The summed E-state index contributed by atoms with van der Waals surface area (Å²) in [5.41, 5.74) is -0.0975. The summed E-state index contributed by atoms with van der Waals surface area (Å²) < 4.78 is 43.4. The van der Waals surface area contributed by atoms with E-state index in [0.29, 0.717) is 0 Å². The highest BCUT2D eigenvalue weighted by Crippen LogP contribution is 2.52. The molecule has 3 saturated carbocycles. The van der Waals surface area contributed by atoms with Gasteiger partial charge < -0.3 is 21.3 Å². The molecule has 40 heavy (non-hydrogen) atoms. The van der Waals surface area contributed by atoms with Crippen LogP contribution in [0.15, 0.2) is 6.07 Å². The lowest BCUT2D eigenvalue weighted by Gasteiger charge is -2.52. The molecular weight excluding hydrogens is 535 g/mol. The minimum atomic E-state index is -4.89. The second-order valence-electron chi connectivity index (χ2n) is 11.6. The van der Waals surface area contributed by atoms with E-state index >= 15 is 0 Å². The maximum atomic E-state index is 14.5. The Kier molecular flexibility index (Phi) is 6.70. The largest absolute Gasteiger partial charge is 0.507 e. The number of nitrogens with two attached hydrogens (primary N) is 1. The van der Waals surface area contributed by atoms with Gasteiger partial charge in [-0.05, 0) is 62.9 Å². The molecule has 2 unspecified atom stereocenters. The first-order valence-electron chi connectivity index (χ1n) is 13.1. The first-order chi connectivity index (χ1) is 18.6. The van der Waals surface area contributed by atoms with Crippen LogP contribution in [0.5, 0.6) is 5.75 Å². The molecule has 4 aliphatic carbocycles. The van der Waals surface area contributed by atoms with Crippen LogP contribution in [0.3, 0.4) is 0 Å². The zero-order valence-corrected chi connectivity index (χ0v) is 21.9. The Morgan fingerprint density at radius 2 is 1.82 bits per heavy atom. The minimum Gasteiger partial charge on any atom is -0.507 e. The van der Waals surface area contributed by atoms with Gasteiger partial charge in [0.15, 0.2) is 34.7 Å². The third-order valence-electron chi connectivity index (χ3n) is 9.12. The number of likely N-dealkylation sites (N-methyl/N-ethyl adjacent to an activating group) is 1. The van der Waals surface area contributed by atoms with Crippen LogP contribution in [-0.4, -0.2) is 75.9 Å². The molecule has 0 saturated heterocycles. The zero-order valence-electron chi connectivity index (χ0n) is 21.9. The number of hydrogen-bond acceptors (Lipinski definition) is 9. The fourth-order valence-electron chi connectivity index (χ4n) is 7.10. The SMILES string of the molecule is CN(C)[C@@H]1C(=O)C(C(N)=O)C(=O)[C@@]2(O)C(=O)C3C(=O)c4c(O)cc(CNC5CCC5)c(C(F)(F)F)c4C[C@H]3C[C@@H]12. The summed E-state index contributed by atoms with van der Waals surface area (Å²) in [6, 6.07) is -0.422. The molecule has 1 aromatic carbocycles. The van der Waals surface area contributed by atoms with E-state index in [1.807, 2.05) is 0 Å². The van der Waals surface area contributed by atoms with Crippen molar-refractivity contribution in [3.63, 3.8) is 0 Å². The number of aromatic hydroxyl groups is 1. The Morgan fingerprint density at radius 3 is 2.35 bits per heavy atom. The summed E-state index contributed by atoms with van der Waals surface area (Å²) in [5, 5.41) is 25.3. The highest BCUT2D eigenvalue weighted by molar-refractivity contribution is 6.32. The zero-order chi connectivity index (χ0) is 29.5. The number of fused-ring (bicyclic) bond motifs is 3. The van der Waals surface area contributed by atoms with Crippen molar-refractivity contribution in [2.45, 2.75) is 62.5 Å². The van der Waals surface area contributed by atoms with Crippen molar-refractivity contribution in [1.29, 1.82) is 0 Å². The number of amides is 1. The topological polar surface area (TPSA) is 167 Å². The van der Waals surface area contributed by atoms with Gasteiger partial charge >= 0.3 is 6.18 Å². The molecular formula is C27H30F3N3O7. The maximum Gasteiger partial charge on any atom is 0.417 e. The summed E-state index contributed by atoms with van der Waals surface area (Å²) in [6.45, 7) is -0.190. The predicted molar refractivity (Wildman–Crippen MR) is 131 cm³/mol. The van der Waals surface area contributed by atoms with Crippen molar-refractivity contribution in [2.24, 2.45) is 29.4 Å². The molecule has 0 heterocycles. The summed E-state index contributed by atoms with van der Waals surface area (Å²) in [4.78, 5) is 67.2. The molecule has 0 radical (unpaired) electrons. The lowest BCUT2D eigenvalue weighted by atomic mass is 9.52. The highest BCUT2D eigenvalue weighted by Gasteiger charge is 2.69. The van der Waals surface area contributed by atoms with Crippen molar-refractivity contribution in [3.05, 3.63) is 28.3 Å². The molecule has 10 nitrogen and oxygen atoms in total. The highest BCUT2D eigenvalue weighted by atomic mass is 19.4. The third kappa shape index (κ3) is 4.00. The van der Waals surface area contributed by atoms with Crippen LogP contribution in [-0.2, 0) is 38.3 Å². The first kappa shape index (κ1) is 28.4. The van der Waals surface area contributed by atoms with Crippen LogP contribution in [0.25, 0.3) is 0 Å². The van der Waals surface area contributed by atoms with Gasteiger partial charge in [-0.25, -0.2) is 0 Å². The van der Waals surface area contributed by atoms with Crippen molar-refractivity contribution in [1.82, 2.24) is 10.2 Å². The Hall–Kier alpha value is -3.16. The number of nitrogens with zero attached hydrogens (tertiary/aromatic N) is 1. The van der Waals surface area contributed by atoms with Gasteiger partial charge in [0.2, 0.25) is 5.91 Å². The molecule has 4 aliphatic rings. The molecule has 3 fully saturated rings. The van der Waals surface area contributed by atoms with Gasteiger partial charge in [0, 0.05) is 18.5 Å². The number of nitrogens with one attached hydrogen (secondary N) is 1. The van der Waals surface area contributed by atoms with Crippen LogP contribution < -0.4 is 11.1 Å². The molecule has 0 bridgehead atoms. The van der Waals surface area contributed by atoms with Crippen molar-refractivity contribution in [2.75, 3.05) is 14.1 Å². The van der Waals surface area contributed by atoms with Crippen LogP contribution in [0.1, 0.15) is 52.7 Å². The Morgan fingerprint density at radius 1 is 1.18 bits per heavy atom. The lowest BCUT2D eigenvalue weighted by molar-refractivity contribution is -0.181. The summed E-state index contributed by atoms with van der Waals surface area (Å²) >= 11 is 0. The molecule has 13 heteroatoms. The van der Waals surface area contributed by atoms with E-state index in [0.717, 1.165) is 25.3 Å². The van der Waals surface area contributed by atoms with Crippen LogP contribution in [0.4, 0.5) is 13.2 Å². The van der Waals surface area contributed by atoms with Gasteiger partial charge in [-0.3, -0.25) is 28.9 Å². The molecule has 5 rings (SSSR count). The maximum absolute atomic E-state index is 14.5. The van der Waals surface area contributed by atoms with E-state index in [1.54, 1.807) is 0 Å².